The molecule has 0 amide bonds. The lowest BCUT2D eigenvalue weighted by Gasteiger charge is -2.22. The van der Waals surface area contributed by atoms with E-state index in [9.17, 15) is 0 Å². The maximum atomic E-state index is 3.53. The molecule has 1 heterocycles. The minimum absolute atomic E-state index is 0.498. The van der Waals surface area contributed by atoms with Crippen LogP contribution in [0.3, 0.4) is 0 Å². The molecule has 3 nitrogen and oxygen atoms in total. The minimum Gasteiger partial charge on any atom is -0.383 e. The van der Waals surface area contributed by atoms with Crippen LogP contribution in [0.2, 0.25) is 0 Å². The van der Waals surface area contributed by atoms with Gasteiger partial charge in [-0.3, -0.25) is 0 Å². The van der Waals surface area contributed by atoms with Gasteiger partial charge in [0.1, 0.15) is 0 Å². The van der Waals surface area contributed by atoms with E-state index in [0.29, 0.717) is 6.04 Å². The van der Waals surface area contributed by atoms with E-state index in [1.807, 2.05) is 7.05 Å². The molecule has 3 N–H and O–H groups in total. The predicted octanol–water partition coefficient (Wildman–Crippen LogP) is 1.35. The predicted molar refractivity (Wildman–Crippen MR) is 68.9 cm³/mol. The van der Waals surface area contributed by atoms with E-state index in [1.54, 1.807) is 0 Å². The molecule has 1 aromatic carbocycles. The maximum absolute atomic E-state index is 3.53. The first-order chi connectivity index (χ1) is 7.81. The SMILES string of the molecule is CNC(C)CNc1cccc2c1CCNC2. The van der Waals surface area contributed by atoms with Crippen LogP contribution in [0.25, 0.3) is 0 Å². The van der Waals surface area contributed by atoms with Gasteiger partial charge in [-0.05, 0) is 44.1 Å². The van der Waals surface area contributed by atoms with Crippen LogP contribution in [-0.2, 0) is 13.0 Å². The van der Waals surface area contributed by atoms with Crippen LogP contribution in [0.4, 0.5) is 5.69 Å². The molecular formula is C13H21N3. The molecule has 1 aliphatic rings. The summed E-state index contributed by atoms with van der Waals surface area (Å²) in [6.07, 6.45) is 1.13. The van der Waals surface area contributed by atoms with Crippen LogP contribution < -0.4 is 16.0 Å². The Morgan fingerprint density at radius 3 is 3.12 bits per heavy atom. The highest BCUT2D eigenvalue weighted by Gasteiger charge is 2.12. The number of nitrogens with one attached hydrogen (secondary N) is 3. The average Bonchev–Trinajstić information content (AvgIpc) is 2.35. The highest BCUT2D eigenvalue weighted by Crippen LogP contribution is 2.22. The topological polar surface area (TPSA) is 36.1 Å². The molecule has 0 radical (unpaired) electrons. The van der Waals surface area contributed by atoms with Crippen molar-refractivity contribution < 1.29 is 0 Å². The average molecular weight is 219 g/mol. The molecule has 2 rings (SSSR count). The third-order valence-electron chi connectivity index (χ3n) is 3.23. The molecular weight excluding hydrogens is 198 g/mol. The summed E-state index contributed by atoms with van der Waals surface area (Å²) in [6.45, 7) is 5.25. The Morgan fingerprint density at radius 1 is 1.44 bits per heavy atom. The fourth-order valence-corrected chi connectivity index (χ4v) is 2.06. The standard InChI is InChI=1S/C13H21N3/c1-10(14-2)8-16-13-5-3-4-11-9-15-7-6-12(11)13/h3-5,10,14-16H,6-9H2,1-2H3. The summed E-state index contributed by atoms with van der Waals surface area (Å²) in [6, 6.07) is 7.04. The van der Waals surface area contributed by atoms with Crippen LogP contribution in [0.15, 0.2) is 18.2 Å². The van der Waals surface area contributed by atoms with Gasteiger partial charge < -0.3 is 16.0 Å². The molecule has 0 saturated carbocycles. The Morgan fingerprint density at radius 2 is 2.31 bits per heavy atom. The normalized spacial score (nSPS) is 16.6. The van der Waals surface area contributed by atoms with Crippen molar-refractivity contribution in [1.82, 2.24) is 10.6 Å². The molecule has 1 unspecified atom stereocenters. The summed E-state index contributed by atoms with van der Waals surface area (Å²) in [5.74, 6) is 0. The molecule has 1 aromatic rings. The van der Waals surface area contributed by atoms with Crippen LogP contribution >= 0.6 is 0 Å². The lowest BCUT2D eigenvalue weighted by Crippen LogP contribution is -2.30. The molecule has 88 valence electrons. The van der Waals surface area contributed by atoms with Gasteiger partial charge in [0.15, 0.2) is 0 Å². The van der Waals surface area contributed by atoms with Gasteiger partial charge in [-0.1, -0.05) is 12.1 Å². The number of benzene rings is 1. The summed E-state index contributed by atoms with van der Waals surface area (Å²) in [7, 11) is 2.00. The molecule has 3 heteroatoms. The van der Waals surface area contributed by atoms with Crippen molar-refractivity contribution in [2.75, 3.05) is 25.5 Å². The summed E-state index contributed by atoms with van der Waals surface area (Å²) in [5, 5.41) is 10.2. The number of hydrogen-bond donors (Lipinski definition) is 3. The van der Waals surface area contributed by atoms with Crippen molar-refractivity contribution >= 4 is 5.69 Å². The lowest BCUT2D eigenvalue weighted by atomic mass is 9.99. The zero-order valence-electron chi connectivity index (χ0n) is 10.1. The van der Waals surface area contributed by atoms with E-state index in [4.69, 9.17) is 0 Å². The third-order valence-corrected chi connectivity index (χ3v) is 3.23. The van der Waals surface area contributed by atoms with Crippen LogP contribution in [0.5, 0.6) is 0 Å². The van der Waals surface area contributed by atoms with E-state index in [-0.39, 0.29) is 0 Å². The number of rotatable bonds is 4. The molecule has 0 aliphatic carbocycles. The van der Waals surface area contributed by atoms with Gasteiger partial charge in [-0.15, -0.1) is 0 Å². The summed E-state index contributed by atoms with van der Waals surface area (Å²) in [5.41, 5.74) is 4.24. The summed E-state index contributed by atoms with van der Waals surface area (Å²) >= 11 is 0. The first kappa shape index (κ1) is 11.4. The first-order valence-corrected chi connectivity index (χ1v) is 6.04. The summed E-state index contributed by atoms with van der Waals surface area (Å²) < 4.78 is 0. The molecule has 0 saturated heterocycles. The van der Waals surface area contributed by atoms with Crippen molar-refractivity contribution in [2.45, 2.75) is 25.9 Å². The van der Waals surface area contributed by atoms with E-state index >= 15 is 0 Å². The molecule has 0 bridgehead atoms. The van der Waals surface area contributed by atoms with E-state index in [2.05, 4.69) is 41.1 Å². The number of hydrogen-bond acceptors (Lipinski definition) is 3. The summed E-state index contributed by atoms with van der Waals surface area (Å²) in [4.78, 5) is 0. The smallest absolute Gasteiger partial charge is 0.0377 e. The van der Waals surface area contributed by atoms with E-state index in [0.717, 1.165) is 26.1 Å². The number of anilines is 1. The Labute approximate surface area is 97.6 Å². The van der Waals surface area contributed by atoms with Crippen LogP contribution in [0, 0.1) is 0 Å². The van der Waals surface area contributed by atoms with Gasteiger partial charge in [0, 0.05) is 24.8 Å². The van der Waals surface area contributed by atoms with Crippen molar-refractivity contribution in [3.63, 3.8) is 0 Å². The van der Waals surface area contributed by atoms with Crippen molar-refractivity contribution in [3.05, 3.63) is 29.3 Å². The third kappa shape index (κ3) is 2.54. The number of likely N-dealkylation sites (N-methyl/N-ethyl adjacent to an activating group) is 1. The Bertz CT molecular complexity index is 349. The number of fused-ring (bicyclic) bond motifs is 1. The molecule has 1 aliphatic heterocycles. The molecule has 0 fully saturated rings. The quantitative estimate of drug-likeness (QED) is 0.715. The van der Waals surface area contributed by atoms with Crippen LogP contribution in [0.1, 0.15) is 18.1 Å². The van der Waals surface area contributed by atoms with Gasteiger partial charge in [0.25, 0.3) is 0 Å². The lowest BCUT2D eigenvalue weighted by molar-refractivity contribution is 0.631. The van der Waals surface area contributed by atoms with E-state index in [1.165, 1.54) is 16.8 Å². The Hall–Kier alpha value is -1.06. The van der Waals surface area contributed by atoms with Gasteiger partial charge in [0.2, 0.25) is 0 Å². The van der Waals surface area contributed by atoms with Gasteiger partial charge in [-0.2, -0.15) is 0 Å². The second-order valence-corrected chi connectivity index (χ2v) is 4.44. The van der Waals surface area contributed by atoms with Crippen molar-refractivity contribution in [3.8, 4) is 0 Å². The molecule has 1 atom stereocenters. The monoisotopic (exact) mass is 219 g/mol. The van der Waals surface area contributed by atoms with Gasteiger partial charge in [-0.25, -0.2) is 0 Å². The molecule has 0 spiro atoms. The molecule has 0 aromatic heterocycles. The second-order valence-electron chi connectivity index (χ2n) is 4.44. The van der Waals surface area contributed by atoms with Gasteiger partial charge in [0.05, 0.1) is 0 Å². The second kappa shape index (κ2) is 5.32. The first-order valence-electron chi connectivity index (χ1n) is 6.04. The largest absolute Gasteiger partial charge is 0.383 e. The van der Waals surface area contributed by atoms with E-state index < -0.39 is 0 Å². The van der Waals surface area contributed by atoms with Crippen molar-refractivity contribution in [1.29, 1.82) is 0 Å². The Balaban J connectivity index is 2.08. The van der Waals surface area contributed by atoms with Gasteiger partial charge >= 0.3 is 0 Å². The highest BCUT2D eigenvalue weighted by molar-refractivity contribution is 5.55. The zero-order valence-corrected chi connectivity index (χ0v) is 10.1. The maximum Gasteiger partial charge on any atom is 0.0377 e. The fourth-order valence-electron chi connectivity index (χ4n) is 2.06. The minimum atomic E-state index is 0.498. The molecule has 16 heavy (non-hydrogen) atoms. The van der Waals surface area contributed by atoms with Crippen molar-refractivity contribution in [2.24, 2.45) is 0 Å². The Kier molecular flexibility index (Phi) is 3.80. The fraction of sp³-hybridized carbons (Fsp3) is 0.538. The van der Waals surface area contributed by atoms with Crippen LogP contribution in [-0.4, -0.2) is 26.2 Å². The zero-order chi connectivity index (χ0) is 11.4. The highest BCUT2D eigenvalue weighted by atomic mass is 15.0.